The van der Waals surface area contributed by atoms with Crippen LogP contribution in [-0.4, -0.2) is 15.0 Å². The zero-order valence-electron chi connectivity index (χ0n) is 9.45. The maximum atomic E-state index is 12.9. The lowest BCUT2D eigenvalue weighted by Crippen LogP contribution is -2.02. The second-order valence-corrected chi connectivity index (χ2v) is 6.12. The Labute approximate surface area is 105 Å². The number of rotatable bonds is 6. The molecule has 17 heavy (non-hydrogen) atoms. The van der Waals surface area contributed by atoms with Gasteiger partial charge in [-0.3, -0.25) is 0 Å². The normalized spacial score (nSPS) is 11.5. The summed E-state index contributed by atoms with van der Waals surface area (Å²) in [6.07, 6.45) is 2.84. The molecule has 0 heterocycles. The Morgan fingerprint density at radius 3 is 2.65 bits per heavy atom. The fourth-order valence-electron chi connectivity index (χ4n) is 1.33. The van der Waals surface area contributed by atoms with Crippen LogP contribution < -0.4 is 4.74 Å². The first-order valence-electron chi connectivity index (χ1n) is 5.32. The van der Waals surface area contributed by atoms with Crippen molar-refractivity contribution in [3.63, 3.8) is 0 Å². The zero-order valence-corrected chi connectivity index (χ0v) is 11.0. The molecule has 0 spiro atoms. The van der Waals surface area contributed by atoms with Gasteiger partial charge in [0.25, 0.3) is 9.05 Å². The van der Waals surface area contributed by atoms with Crippen LogP contribution in [0.2, 0.25) is 0 Å². The second-order valence-electron chi connectivity index (χ2n) is 3.58. The SMILES string of the molecule is CCCCCOc1ccc(F)cc1S(=O)(=O)Cl. The molecule has 0 radical (unpaired) electrons. The van der Waals surface area contributed by atoms with Crippen LogP contribution >= 0.6 is 10.7 Å². The molecule has 0 aliphatic carbocycles. The molecule has 1 aromatic carbocycles. The third kappa shape index (κ3) is 4.52. The number of benzene rings is 1. The summed E-state index contributed by atoms with van der Waals surface area (Å²) in [4.78, 5) is -0.323. The molecule has 0 N–H and O–H groups in total. The molecule has 0 saturated carbocycles. The lowest BCUT2D eigenvalue weighted by molar-refractivity contribution is 0.298. The molecule has 0 bridgehead atoms. The van der Waals surface area contributed by atoms with Crippen molar-refractivity contribution in [2.45, 2.75) is 31.1 Å². The Kier molecular flexibility index (Phi) is 5.21. The summed E-state index contributed by atoms with van der Waals surface area (Å²) >= 11 is 0. The Bertz CT molecular complexity index is 474. The predicted molar refractivity (Wildman–Crippen MR) is 64.5 cm³/mol. The van der Waals surface area contributed by atoms with Crippen molar-refractivity contribution in [1.29, 1.82) is 0 Å². The van der Waals surface area contributed by atoms with E-state index in [0.717, 1.165) is 31.4 Å². The van der Waals surface area contributed by atoms with E-state index < -0.39 is 14.9 Å². The smallest absolute Gasteiger partial charge is 0.265 e. The third-order valence-corrected chi connectivity index (χ3v) is 3.52. The predicted octanol–water partition coefficient (Wildman–Crippen LogP) is 3.32. The molecule has 0 unspecified atom stereocenters. The minimum Gasteiger partial charge on any atom is -0.492 e. The van der Waals surface area contributed by atoms with Gasteiger partial charge in [0.1, 0.15) is 16.5 Å². The van der Waals surface area contributed by atoms with E-state index >= 15 is 0 Å². The van der Waals surface area contributed by atoms with Gasteiger partial charge in [0.15, 0.2) is 0 Å². The van der Waals surface area contributed by atoms with Crippen molar-refractivity contribution in [2.75, 3.05) is 6.61 Å². The zero-order chi connectivity index (χ0) is 12.9. The summed E-state index contributed by atoms with van der Waals surface area (Å²) in [5.41, 5.74) is 0. The van der Waals surface area contributed by atoms with E-state index in [-0.39, 0.29) is 10.6 Å². The average Bonchev–Trinajstić information content (AvgIpc) is 2.25. The molecule has 1 rings (SSSR count). The Morgan fingerprint density at radius 1 is 1.35 bits per heavy atom. The molecule has 0 aliphatic rings. The van der Waals surface area contributed by atoms with Gasteiger partial charge in [-0.05, 0) is 24.6 Å². The van der Waals surface area contributed by atoms with E-state index in [0.29, 0.717) is 6.61 Å². The molecular weight excluding hydrogens is 267 g/mol. The number of hydrogen-bond acceptors (Lipinski definition) is 3. The minimum atomic E-state index is -3.99. The Balaban J connectivity index is 2.84. The van der Waals surface area contributed by atoms with Gasteiger partial charge in [0.2, 0.25) is 0 Å². The molecule has 1 aromatic rings. The first-order valence-corrected chi connectivity index (χ1v) is 7.63. The average molecular weight is 281 g/mol. The third-order valence-electron chi connectivity index (χ3n) is 2.17. The first-order chi connectivity index (χ1) is 7.95. The van der Waals surface area contributed by atoms with Crippen molar-refractivity contribution in [3.05, 3.63) is 24.0 Å². The standard InChI is InChI=1S/C11H14ClFO3S/c1-2-3-4-7-16-10-6-5-9(13)8-11(10)17(12,14)15/h5-6,8H,2-4,7H2,1H3. The molecule has 0 aliphatic heterocycles. The van der Waals surface area contributed by atoms with E-state index in [1.165, 1.54) is 6.07 Å². The van der Waals surface area contributed by atoms with Crippen LogP contribution in [0.4, 0.5) is 4.39 Å². The van der Waals surface area contributed by atoms with E-state index in [2.05, 4.69) is 0 Å². The van der Waals surface area contributed by atoms with Crippen LogP contribution in [-0.2, 0) is 9.05 Å². The highest BCUT2D eigenvalue weighted by Crippen LogP contribution is 2.27. The second kappa shape index (κ2) is 6.21. The van der Waals surface area contributed by atoms with Crippen LogP contribution in [0.25, 0.3) is 0 Å². The van der Waals surface area contributed by atoms with Gasteiger partial charge < -0.3 is 4.74 Å². The minimum absolute atomic E-state index is 0.0949. The summed E-state index contributed by atoms with van der Waals surface area (Å²) in [7, 11) is 1.21. The van der Waals surface area contributed by atoms with Gasteiger partial charge in [-0.15, -0.1) is 0 Å². The monoisotopic (exact) mass is 280 g/mol. The van der Waals surface area contributed by atoms with Gasteiger partial charge in [-0.2, -0.15) is 0 Å². The van der Waals surface area contributed by atoms with Crippen LogP contribution in [0.15, 0.2) is 23.1 Å². The largest absolute Gasteiger partial charge is 0.492 e. The van der Waals surface area contributed by atoms with Gasteiger partial charge in [-0.1, -0.05) is 19.8 Å². The van der Waals surface area contributed by atoms with Crippen LogP contribution in [0.3, 0.4) is 0 Å². The maximum absolute atomic E-state index is 12.9. The summed E-state index contributed by atoms with van der Waals surface area (Å²) in [6, 6.07) is 3.27. The van der Waals surface area contributed by atoms with Crippen LogP contribution in [0, 0.1) is 5.82 Å². The van der Waals surface area contributed by atoms with Crippen molar-refractivity contribution in [2.24, 2.45) is 0 Å². The molecule has 0 saturated heterocycles. The maximum Gasteiger partial charge on any atom is 0.265 e. The topological polar surface area (TPSA) is 43.4 Å². The fourth-order valence-corrected chi connectivity index (χ4v) is 2.31. The number of ether oxygens (including phenoxy) is 1. The highest BCUT2D eigenvalue weighted by atomic mass is 35.7. The highest BCUT2D eigenvalue weighted by Gasteiger charge is 2.17. The van der Waals surface area contributed by atoms with Crippen molar-refractivity contribution >= 4 is 19.7 Å². The quantitative estimate of drug-likeness (QED) is 0.593. The van der Waals surface area contributed by atoms with E-state index in [4.69, 9.17) is 15.4 Å². The van der Waals surface area contributed by atoms with E-state index in [1.807, 2.05) is 6.92 Å². The first kappa shape index (κ1) is 14.3. The Hall–Kier alpha value is -0.810. The summed E-state index contributed by atoms with van der Waals surface area (Å²) in [5.74, 6) is -0.567. The number of hydrogen-bond donors (Lipinski definition) is 0. The van der Waals surface area contributed by atoms with Gasteiger partial charge in [0.05, 0.1) is 6.61 Å². The molecule has 0 amide bonds. The lowest BCUT2D eigenvalue weighted by atomic mass is 10.3. The molecule has 0 fully saturated rings. The molecular formula is C11H14ClFO3S. The highest BCUT2D eigenvalue weighted by molar-refractivity contribution is 8.13. The van der Waals surface area contributed by atoms with Crippen molar-refractivity contribution in [3.8, 4) is 5.75 Å². The number of halogens is 2. The van der Waals surface area contributed by atoms with Gasteiger partial charge >= 0.3 is 0 Å². The molecule has 6 heteroatoms. The molecule has 3 nitrogen and oxygen atoms in total. The van der Waals surface area contributed by atoms with Crippen molar-refractivity contribution in [1.82, 2.24) is 0 Å². The fraction of sp³-hybridized carbons (Fsp3) is 0.455. The summed E-state index contributed by atoms with van der Waals surface area (Å²) in [6.45, 7) is 2.44. The van der Waals surface area contributed by atoms with Gasteiger partial charge in [0, 0.05) is 10.7 Å². The molecule has 0 aromatic heterocycles. The van der Waals surface area contributed by atoms with Crippen LogP contribution in [0.1, 0.15) is 26.2 Å². The lowest BCUT2D eigenvalue weighted by Gasteiger charge is -2.09. The van der Waals surface area contributed by atoms with Crippen molar-refractivity contribution < 1.29 is 17.5 Å². The molecule has 96 valence electrons. The number of unbranched alkanes of at least 4 members (excludes halogenated alkanes) is 2. The Morgan fingerprint density at radius 2 is 2.06 bits per heavy atom. The van der Waals surface area contributed by atoms with Gasteiger partial charge in [-0.25, -0.2) is 12.8 Å². The summed E-state index contributed by atoms with van der Waals surface area (Å²) in [5, 5.41) is 0. The van der Waals surface area contributed by atoms with E-state index in [9.17, 15) is 12.8 Å². The summed E-state index contributed by atoms with van der Waals surface area (Å²) < 4.78 is 40.7. The van der Waals surface area contributed by atoms with Crippen LogP contribution in [0.5, 0.6) is 5.75 Å². The van der Waals surface area contributed by atoms with E-state index in [1.54, 1.807) is 0 Å². The molecule has 0 atom stereocenters.